The normalized spacial score (nSPS) is 11.8. The van der Waals surface area contributed by atoms with Crippen LogP contribution in [0.2, 0.25) is 0 Å². The highest BCUT2D eigenvalue weighted by Gasteiger charge is 2.19. The number of amides is 1. The maximum absolute atomic E-state index is 13.5. The highest BCUT2D eigenvalue weighted by molar-refractivity contribution is 5.89. The highest BCUT2D eigenvalue weighted by atomic mass is 19.1. The number of halogens is 1. The van der Waals surface area contributed by atoms with E-state index in [-0.39, 0.29) is 18.1 Å². The van der Waals surface area contributed by atoms with E-state index in [4.69, 9.17) is 5.73 Å². The van der Waals surface area contributed by atoms with Crippen LogP contribution < -0.4 is 11.1 Å². The van der Waals surface area contributed by atoms with Gasteiger partial charge in [-0.25, -0.2) is 4.39 Å². The lowest BCUT2D eigenvalue weighted by Gasteiger charge is -2.24. The second-order valence-electron chi connectivity index (χ2n) is 5.29. The number of hydrogen-bond donors (Lipinski definition) is 3. The van der Waals surface area contributed by atoms with Crippen molar-refractivity contribution in [2.45, 2.75) is 25.8 Å². The number of H-pyrrole nitrogens is 1. The SMILES string of the molecule is CC(C)(CN)NC(=O)Cc1c[nH]c2c(F)cccc12. The molecule has 2 rings (SSSR count). The number of hydrogen-bond acceptors (Lipinski definition) is 2. The molecule has 0 spiro atoms. The molecule has 0 bridgehead atoms. The Hall–Kier alpha value is -1.88. The fourth-order valence-electron chi connectivity index (χ4n) is 1.97. The monoisotopic (exact) mass is 263 g/mol. The van der Waals surface area contributed by atoms with Gasteiger partial charge in [-0.15, -0.1) is 0 Å². The third kappa shape index (κ3) is 2.93. The smallest absolute Gasteiger partial charge is 0.224 e. The van der Waals surface area contributed by atoms with Crippen molar-refractivity contribution in [1.82, 2.24) is 10.3 Å². The Morgan fingerprint density at radius 3 is 2.89 bits per heavy atom. The first-order valence-electron chi connectivity index (χ1n) is 6.18. The molecule has 0 aliphatic rings. The first-order valence-corrected chi connectivity index (χ1v) is 6.18. The number of rotatable bonds is 4. The van der Waals surface area contributed by atoms with Crippen LogP contribution in [0.15, 0.2) is 24.4 Å². The van der Waals surface area contributed by atoms with E-state index in [1.54, 1.807) is 18.3 Å². The Morgan fingerprint density at radius 1 is 1.47 bits per heavy atom. The molecule has 0 radical (unpaired) electrons. The number of aromatic nitrogens is 1. The summed E-state index contributed by atoms with van der Waals surface area (Å²) in [6.45, 7) is 4.08. The molecule has 4 N–H and O–H groups in total. The molecule has 0 atom stereocenters. The molecule has 1 heterocycles. The van der Waals surface area contributed by atoms with Gasteiger partial charge in [0.1, 0.15) is 5.82 Å². The second-order valence-corrected chi connectivity index (χ2v) is 5.29. The molecule has 0 aliphatic carbocycles. The minimum absolute atomic E-state index is 0.124. The van der Waals surface area contributed by atoms with E-state index in [0.717, 1.165) is 10.9 Å². The summed E-state index contributed by atoms with van der Waals surface area (Å²) in [7, 11) is 0. The van der Waals surface area contributed by atoms with E-state index in [0.29, 0.717) is 12.1 Å². The lowest BCUT2D eigenvalue weighted by molar-refractivity contribution is -0.121. The van der Waals surface area contributed by atoms with Gasteiger partial charge < -0.3 is 16.0 Å². The van der Waals surface area contributed by atoms with Gasteiger partial charge in [0.2, 0.25) is 5.91 Å². The van der Waals surface area contributed by atoms with E-state index in [2.05, 4.69) is 10.3 Å². The molecule has 0 saturated heterocycles. The van der Waals surface area contributed by atoms with Gasteiger partial charge in [-0.1, -0.05) is 12.1 Å². The number of carbonyl (C=O) groups excluding carboxylic acids is 1. The van der Waals surface area contributed by atoms with Crippen molar-refractivity contribution in [3.8, 4) is 0 Å². The van der Waals surface area contributed by atoms with E-state index < -0.39 is 5.54 Å². The molecule has 102 valence electrons. The largest absolute Gasteiger partial charge is 0.359 e. The number of carbonyl (C=O) groups is 1. The zero-order valence-electron chi connectivity index (χ0n) is 11.1. The van der Waals surface area contributed by atoms with Gasteiger partial charge in [-0.05, 0) is 25.5 Å². The van der Waals surface area contributed by atoms with Crippen molar-refractivity contribution in [2.24, 2.45) is 5.73 Å². The third-order valence-electron chi connectivity index (χ3n) is 3.09. The van der Waals surface area contributed by atoms with Crippen molar-refractivity contribution in [3.05, 3.63) is 35.8 Å². The zero-order valence-corrected chi connectivity index (χ0v) is 11.1. The van der Waals surface area contributed by atoms with Crippen LogP contribution in [0.3, 0.4) is 0 Å². The molecule has 0 saturated carbocycles. The number of nitrogens with one attached hydrogen (secondary N) is 2. The standard InChI is InChI=1S/C14H18FN3O/c1-14(2,8-16)18-12(19)6-9-7-17-13-10(9)4-3-5-11(13)15/h3-5,7,17H,6,8,16H2,1-2H3,(H,18,19). The van der Waals surface area contributed by atoms with Crippen molar-refractivity contribution in [2.75, 3.05) is 6.54 Å². The molecule has 1 aromatic carbocycles. The van der Waals surface area contributed by atoms with Crippen LogP contribution in [0.25, 0.3) is 10.9 Å². The predicted molar refractivity (Wildman–Crippen MR) is 73.2 cm³/mol. The summed E-state index contributed by atoms with van der Waals surface area (Å²) in [4.78, 5) is 14.8. The van der Waals surface area contributed by atoms with Crippen molar-refractivity contribution in [1.29, 1.82) is 0 Å². The first kappa shape index (κ1) is 13.5. The Kier molecular flexibility index (Phi) is 3.57. The van der Waals surface area contributed by atoms with E-state index in [1.807, 2.05) is 13.8 Å². The highest BCUT2D eigenvalue weighted by Crippen LogP contribution is 2.21. The minimum atomic E-state index is -0.436. The Bertz CT molecular complexity index is 604. The van der Waals surface area contributed by atoms with Crippen LogP contribution in [0.1, 0.15) is 19.4 Å². The molecular formula is C14H18FN3O. The lowest BCUT2D eigenvalue weighted by Crippen LogP contribution is -2.49. The second kappa shape index (κ2) is 5.01. The Labute approximate surface area is 111 Å². The summed E-state index contributed by atoms with van der Waals surface area (Å²) in [5.74, 6) is -0.438. The van der Waals surface area contributed by atoms with Crippen LogP contribution in [-0.4, -0.2) is 23.0 Å². The zero-order chi connectivity index (χ0) is 14.0. The molecule has 1 aromatic heterocycles. The quantitative estimate of drug-likeness (QED) is 0.785. The van der Waals surface area contributed by atoms with Crippen LogP contribution in [-0.2, 0) is 11.2 Å². The number of para-hydroxylation sites is 1. The average molecular weight is 263 g/mol. The third-order valence-corrected chi connectivity index (χ3v) is 3.09. The fourth-order valence-corrected chi connectivity index (χ4v) is 1.97. The Morgan fingerprint density at radius 2 is 2.21 bits per heavy atom. The van der Waals surface area contributed by atoms with E-state index in [1.165, 1.54) is 6.07 Å². The predicted octanol–water partition coefficient (Wildman–Crippen LogP) is 1.70. The van der Waals surface area contributed by atoms with Gasteiger partial charge in [-0.3, -0.25) is 4.79 Å². The number of nitrogens with two attached hydrogens (primary N) is 1. The molecule has 0 aliphatic heterocycles. The van der Waals surface area contributed by atoms with Crippen molar-refractivity contribution in [3.63, 3.8) is 0 Å². The van der Waals surface area contributed by atoms with Gasteiger partial charge >= 0.3 is 0 Å². The van der Waals surface area contributed by atoms with Crippen molar-refractivity contribution < 1.29 is 9.18 Å². The number of aromatic amines is 1. The van der Waals surface area contributed by atoms with Crippen molar-refractivity contribution >= 4 is 16.8 Å². The summed E-state index contributed by atoms with van der Waals surface area (Å²) >= 11 is 0. The van der Waals surface area contributed by atoms with Gasteiger partial charge in [-0.2, -0.15) is 0 Å². The first-order chi connectivity index (χ1) is 8.93. The number of benzene rings is 1. The maximum atomic E-state index is 13.5. The topological polar surface area (TPSA) is 70.9 Å². The van der Waals surface area contributed by atoms with Crippen LogP contribution in [0.4, 0.5) is 4.39 Å². The summed E-state index contributed by atoms with van der Waals surface area (Å²) in [5, 5.41) is 3.59. The molecule has 5 heteroatoms. The molecule has 19 heavy (non-hydrogen) atoms. The molecule has 0 unspecified atom stereocenters. The van der Waals surface area contributed by atoms with Gasteiger partial charge in [0.25, 0.3) is 0 Å². The van der Waals surface area contributed by atoms with E-state index in [9.17, 15) is 9.18 Å². The van der Waals surface area contributed by atoms with Gasteiger partial charge in [0.05, 0.1) is 11.9 Å². The molecule has 1 amide bonds. The van der Waals surface area contributed by atoms with Crippen LogP contribution in [0.5, 0.6) is 0 Å². The Balaban J connectivity index is 2.18. The maximum Gasteiger partial charge on any atom is 0.224 e. The molecule has 2 aromatic rings. The number of fused-ring (bicyclic) bond motifs is 1. The van der Waals surface area contributed by atoms with Gasteiger partial charge in [0, 0.05) is 23.7 Å². The summed E-state index contributed by atoms with van der Waals surface area (Å²) in [5.41, 5.74) is 6.34. The van der Waals surface area contributed by atoms with Crippen LogP contribution >= 0.6 is 0 Å². The summed E-state index contributed by atoms with van der Waals surface area (Å²) in [6, 6.07) is 4.82. The summed E-state index contributed by atoms with van der Waals surface area (Å²) in [6.07, 6.45) is 1.87. The molecular weight excluding hydrogens is 245 g/mol. The lowest BCUT2D eigenvalue weighted by atomic mass is 10.0. The molecule has 0 fully saturated rings. The van der Waals surface area contributed by atoms with Gasteiger partial charge in [0.15, 0.2) is 0 Å². The summed E-state index contributed by atoms with van der Waals surface area (Å²) < 4.78 is 13.5. The van der Waals surface area contributed by atoms with Crippen LogP contribution in [0, 0.1) is 5.82 Å². The average Bonchev–Trinajstić information content (AvgIpc) is 2.73. The minimum Gasteiger partial charge on any atom is -0.359 e. The van der Waals surface area contributed by atoms with E-state index >= 15 is 0 Å². The molecule has 4 nitrogen and oxygen atoms in total. The fraction of sp³-hybridized carbons (Fsp3) is 0.357.